The number of nitrogens with one attached hydrogen (secondary N) is 2. The Morgan fingerprint density at radius 2 is 1.91 bits per heavy atom. The van der Waals surface area contributed by atoms with Crippen LogP contribution in [0, 0.1) is 11.3 Å². The molecule has 0 spiro atoms. The molecule has 32 heavy (non-hydrogen) atoms. The lowest BCUT2D eigenvalue weighted by Gasteiger charge is -2.27. The molecule has 0 saturated carbocycles. The Bertz CT molecular complexity index is 1370. The molecule has 3 aromatic carbocycles. The van der Waals surface area contributed by atoms with Gasteiger partial charge in [0.05, 0.1) is 23.2 Å². The first-order valence-corrected chi connectivity index (χ1v) is 11.0. The zero-order valence-electron chi connectivity index (χ0n) is 17.5. The van der Waals surface area contributed by atoms with Crippen LogP contribution in [0.15, 0.2) is 54.6 Å². The third-order valence-electron chi connectivity index (χ3n) is 6.31. The normalized spacial score (nSPS) is 16.9. The minimum Gasteiger partial charge on any atom is -0.486 e. The Balaban J connectivity index is 1.34. The van der Waals surface area contributed by atoms with Gasteiger partial charge in [-0.05, 0) is 78.9 Å². The van der Waals surface area contributed by atoms with Gasteiger partial charge in [0, 0.05) is 16.6 Å². The lowest BCUT2D eigenvalue weighted by molar-refractivity contribution is 0.171. The summed E-state index contributed by atoms with van der Waals surface area (Å²) in [6, 6.07) is 20.8. The van der Waals surface area contributed by atoms with Crippen LogP contribution in [-0.2, 0) is 6.42 Å². The number of benzene rings is 3. The molecule has 4 aromatic rings. The highest BCUT2D eigenvalue weighted by atomic mass is 16.6. The molecule has 0 fully saturated rings. The molecule has 1 atom stereocenters. The van der Waals surface area contributed by atoms with Gasteiger partial charge in [0.25, 0.3) is 0 Å². The molecule has 6 nitrogen and oxygen atoms in total. The highest BCUT2D eigenvalue weighted by Crippen LogP contribution is 2.38. The maximum atomic E-state index is 9.22. The van der Waals surface area contributed by atoms with Crippen LogP contribution in [0.25, 0.3) is 22.2 Å². The van der Waals surface area contributed by atoms with Crippen molar-refractivity contribution in [1.29, 1.82) is 5.26 Å². The smallest absolute Gasteiger partial charge is 0.162 e. The topological polar surface area (TPSA) is 83.0 Å². The molecule has 0 unspecified atom stereocenters. The van der Waals surface area contributed by atoms with Crippen molar-refractivity contribution in [2.45, 2.75) is 25.3 Å². The summed E-state index contributed by atoms with van der Waals surface area (Å²) >= 11 is 0. The second kappa shape index (κ2) is 7.61. The number of anilines is 1. The molecule has 1 aliphatic heterocycles. The molecule has 0 saturated heterocycles. The van der Waals surface area contributed by atoms with E-state index in [2.05, 4.69) is 45.8 Å². The zero-order valence-corrected chi connectivity index (χ0v) is 17.5. The lowest BCUT2D eigenvalue weighted by Crippen LogP contribution is -2.17. The van der Waals surface area contributed by atoms with E-state index in [-0.39, 0.29) is 6.04 Å². The van der Waals surface area contributed by atoms with Crippen molar-refractivity contribution in [3.05, 3.63) is 71.3 Å². The van der Waals surface area contributed by atoms with Crippen molar-refractivity contribution in [3.8, 4) is 28.8 Å². The first-order chi connectivity index (χ1) is 15.8. The first-order valence-electron chi connectivity index (χ1n) is 11.0. The molecular weight excluding hydrogens is 400 g/mol. The number of nitrogens with zero attached hydrogens (tertiary/aromatic N) is 2. The maximum absolute atomic E-state index is 9.22. The van der Waals surface area contributed by atoms with Crippen LogP contribution in [0.4, 0.5) is 5.69 Å². The van der Waals surface area contributed by atoms with Crippen LogP contribution < -0.4 is 14.8 Å². The fourth-order valence-electron chi connectivity index (χ4n) is 4.75. The summed E-state index contributed by atoms with van der Waals surface area (Å²) in [6.07, 6.45) is 3.20. The molecule has 0 amide bonds. The third-order valence-corrected chi connectivity index (χ3v) is 6.31. The van der Waals surface area contributed by atoms with E-state index in [0.29, 0.717) is 13.2 Å². The van der Waals surface area contributed by atoms with Gasteiger partial charge in [-0.1, -0.05) is 6.07 Å². The molecule has 6 rings (SSSR count). The number of rotatable bonds is 3. The van der Waals surface area contributed by atoms with Crippen molar-refractivity contribution in [3.63, 3.8) is 0 Å². The highest BCUT2D eigenvalue weighted by molar-refractivity contribution is 5.95. The standard InChI is InChI=1S/C26H22N4O2/c27-15-16-4-7-20-17(12-16)2-1-3-22(20)28-19-6-8-23-21(14-19)26(30-29-23)18-5-9-24-25(13-18)32-11-10-31-24/h4-9,12-14,22,28H,1-3,10-11H2,(H,29,30)/t22-/m0/s1. The summed E-state index contributed by atoms with van der Waals surface area (Å²) in [5.41, 5.74) is 7.22. The Kier molecular flexibility index (Phi) is 4.46. The van der Waals surface area contributed by atoms with Crippen LogP contribution >= 0.6 is 0 Å². The number of hydrogen-bond donors (Lipinski definition) is 2. The number of aromatic amines is 1. The van der Waals surface area contributed by atoms with E-state index in [1.807, 2.05) is 30.3 Å². The Labute approximate surface area is 185 Å². The molecule has 2 aliphatic rings. The number of ether oxygens (including phenoxy) is 2. The van der Waals surface area contributed by atoms with E-state index < -0.39 is 0 Å². The molecule has 0 radical (unpaired) electrons. The number of fused-ring (bicyclic) bond motifs is 3. The second-order valence-electron chi connectivity index (χ2n) is 8.31. The van der Waals surface area contributed by atoms with Gasteiger partial charge in [0.2, 0.25) is 0 Å². The van der Waals surface area contributed by atoms with Gasteiger partial charge in [-0.25, -0.2) is 0 Å². The molecular formula is C26H22N4O2. The first kappa shape index (κ1) is 18.8. The minimum absolute atomic E-state index is 0.230. The minimum atomic E-state index is 0.230. The fraction of sp³-hybridized carbons (Fsp3) is 0.231. The third kappa shape index (κ3) is 3.23. The quantitative estimate of drug-likeness (QED) is 0.464. The summed E-state index contributed by atoms with van der Waals surface area (Å²) < 4.78 is 11.4. The van der Waals surface area contributed by atoms with E-state index in [9.17, 15) is 5.26 Å². The van der Waals surface area contributed by atoms with Gasteiger partial charge in [-0.2, -0.15) is 10.4 Å². The molecule has 0 bridgehead atoms. The van der Waals surface area contributed by atoms with Crippen LogP contribution in [0.3, 0.4) is 0 Å². The van der Waals surface area contributed by atoms with Crippen LogP contribution in [0.1, 0.15) is 35.6 Å². The van der Waals surface area contributed by atoms with E-state index in [0.717, 1.165) is 64.2 Å². The molecule has 158 valence electrons. The van der Waals surface area contributed by atoms with Crippen LogP contribution in [0.5, 0.6) is 11.5 Å². The van der Waals surface area contributed by atoms with E-state index in [1.165, 1.54) is 11.1 Å². The number of nitriles is 1. The second-order valence-corrected chi connectivity index (χ2v) is 8.31. The molecule has 2 N–H and O–H groups in total. The van der Waals surface area contributed by atoms with E-state index in [1.54, 1.807) is 0 Å². The SMILES string of the molecule is N#Cc1ccc2c(c1)CCC[C@@H]2Nc1ccc2[nH]nc(-c3ccc4c(c3)OCCO4)c2c1. The fourth-order valence-corrected chi connectivity index (χ4v) is 4.75. The Morgan fingerprint density at radius 1 is 1.00 bits per heavy atom. The van der Waals surface area contributed by atoms with E-state index >= 15 is 0 Å². The average Bonchev–Trinajstić information content (AvgIpc) is 3.27. The summed E-state index contributed by atoms with van der Waals surface area (Å²) in [4.78, 5) is 0. The molecule has 6 heteroatoms. The van der Waals surface area contributed by atoms with Crippen molar-refractivity contribution in [2.75, 3.05) is 18.5 Å². The maximum Gasteiger partial charge on any atom is 0.162 e. The van der Waals surface area contributed by atoms with Crippen LogP contribution in [0.2, 0.25) is 0 Å². The zero-order chi connectivity index (χ0) is 21.5. The van der Waals surface area contributed by atoms with Gasteiger partial charge in [0.1, 0.15) is 18.9 Å². The molecule has 1 aromatic heterocycles. The van der Waals surface area contributed by atoms with E-state index in [4.69, 9.17) is 9.47 Å². The largest absolute Gasteiger partial charge is 0.486 e. The van der Waals surface area contributed by atoms with Gasteiger partial charge in [-0.15, -0.1) is 0 Å². The Hall–Kier alpha value is -3.98. The number of hydrogen-bond acceptors (Lipinski definition) is 5. The lowest BCUT2D eigenvalue weighted by atomic mass is 9.86. The predicted octanol–water partition coefficient (Wildman–Crippen LogP) is 5.36. The average molecular weight is 422 g/mol. The van der Waals surface area contributed by atoms with Gasteiger partial charge in [0.15, 0.2) is 11.5 Å². The summed E-state index contributed by atoms with van der Waals surface area (Å²) in [5.74, 6) is 1.53. The predicted molar refractivity (Wildman–Crippen MR) is 123 cm³/mol. The highest BCUT2D eigenvalue weighted by Gasteiger charge is 2.21. The van der Waals surface area contributed by atoms with Crippen molar-refractivity contribution >= 4 is 16.6 Å². The van der Waals surface area contributed by atoms with Crippen molar-refractivity contribution in [1.82, 2.24) is 10.2 Å². The van der Waals surface area contributed by atoms with Gasteiger partial charge in [-0.3, -0.25) is 5.10 Å². The van der Waals surface area contributed by atoms with Gasteiger partial charge >= 0.3 is 0 Å². The number of H-pyrrole nitrogens is 1. The summed E-state index contributed by atoms with van der Waals surface area (Å²) in [7, 11) is 0. The number of aryl methyl sites for hydroxylation is 1. The summed E-state index contributed by atoms with van der Waals surface area (Å²) in [5, 5.41) is 21.7. The molecule has 1 aliphatic carbocycles. The monoisotopic (exact) mass is 422 g/mol. The van der Waals surface area contributed by atoms with Crippen molar-refractivity contribution in [2.24, 2.45) is 0 Å². The number of aromatic nitrogens is 2. The Morgan fingerprint density at radius 3 is 2.81 bits per heavy atom. The van der Waals surface area contributed by atoms with Crippen molar-refractivity contribution < 1.29 is 9.47 Å². The van der Waals surface area contributed by atoms with Gasteiger partial charge < -0.3 is 14.8 Å². The van der Waals surface area contributed by atoms with Crippen LogP contribution in [-0.4, -0.2) is 23.4 Å². The molecule has 2 heterocycles. The summed E-state index contributed by atoms with van der Waals surface area (Å²) in [6.45, 7) is 1.14.